The zero-order valence-electron chi connectivity index (χ0n) is 15.6. The lowest BCUT2D eigenvalue weighted by Gasteiger charge is -2.50. The molecule has 2 aliphatic heterocycles. The van der Waals surface area contributed by atoms with E-state index in [2.05, 4.69) is 15.9 Å². The van der Waals surface area contributed by atoms with Crippen molar-refractivity contribution in [2.75, 3.05) is 6.61 Å². The highest BCUT2D eigenvalue weighted by molar-refractivity contribution is 9.10. The average molecular weight is 438 g/mol. The molecule has 0 N–H and O–H groups in total. The quantitative estimate of drug-likeness (QED) is 0.677. The van der Waals surface area contributed by atoms with Crippen LogP contribution in [0.5, 0.6) is 5.75 Å². The van der Waals surface area contributed by atoms with E-state index < -0.39 is 0 Å². The Morgan fingerprint density at radius 1 is 1.30 bits per heavy atom. The molecule has 3 aliphatic rings. The van der Waals surface area contributed by atoms with Crippen LogP contribution < -0.4 is 10.2 Å². The van der Waals surface area contributed by atoms with Gasteiger partial charge in [0.2, 0.25) is 11.3 Å². The van der Waals surface area contributed by atoms with E-state index in [-0.39, 0.29) is 41.2 Å². The van der Waals surface area contributed by atoms with Crippen LogP contribution in [0.3, 0.4) is 0 Å². The molecule has 1 aromatic heterocycles. The number of carbonyl (C=O) groups is 2. The summed E-state index contributed by atoms with van der Waals surface area (Å²) in [6.07, 6.45) is 5.73. The molecule has 0 radical (unpaired) electrons. The molecular formula is C19H24BrN3O4. The molecule has 1 aromatic rings. The third-order valence-electron chi connectivity index (χ3n) is 5.91. The van der Waals surface area contributed by atoms with Crippen molar-refractivity contribution < 1.29 is 14.3 Å². The van der Waals surface area contributed by atoms with Crippen molar-refractivity contribution in [1.29, 1.82) is 0 Å². The molecular weight excluding hydrogens is 414 g/mol. The Bertz CT molecular complexity index is 852. The first-order valence-corrected chi connectivity index (χ1v) is 10.4. The van der Waals surface area contributed by atoms with Gasteiger partial charge in [0.1, 0.15) is 6.17 Å². The monoisotopic (exact) mass is 437 g/mol. The summed E-state index contributed by atoms with van der Waals surface area (Å²) in [5, 5.41) is 0. The number of ether oxygens (including phenoxy) is 1. The first-order chi connectivity index (χ1) is 12.9. The predicted octanol–water partition coefficient (Wildman–Crippen LogP) is 2.35. The Balaban J connectivity index is 1.80. The fourth-order valence-corrected chi connectivity index (χ4v) is 5.15. The minimum absolute atomic E-state index is 0.00821. The Morgan fingerprint density at radius 3 is 2.74 bits per heavy atom. The molecule has 1 saturated carbocycles. The second-order valence-corrected chi connectivity index (χ2v) is 8.43. The Labute approximate surface area is 166 Å². The van der Waals surface area contributed by atoms with Gasteiger partial charge in [0, 0.05) is 25.2 Å². The molecule has 8 heteroatoms. The fourth-order valence-electron chi connectivity index (χ4n) is 4.73. The number of aromatic nitrogens is 1. The largest absolute Gasteiger partial charge is 0.487 e. The van der Waals surface area contributed by atoms with E-state index in [1.807, 2.05) is 16.7 Å². The molecule has 1 saturated heterocycles. The Kier molecular flexibility index (Phi) is 4.78. The van der Waals surface area contributed by atoms with Gasteiger partial charge in [0.15, 0.2) is 11.4 Å². The van der Waals surface area contributed by atoms with Crippen LogP contribution in [0.1, 0.15) is 56.4 Å². The average Bonchev–Trinajstić information content (AvgIpc) is 3.01. The maximum Gasteiger partial charge on any atom is 0.276 e. The molecule has 2 bridgehead atoms. The maximum atomic E-state index is 13.5. The minimum Gasteiger partial charge on any atom is -0.487 e. The first-order valence-electron chi connectivity index (χ1n) is 9.61. The first kappa shape index (κ1) is 18.5. The van der Waals surface area contributed by atoms with E-state index in [1.165, 1.54) is 0 Å². The standard InChI is InChI=1S/C19H24BrN3O4/c1-3-4-7-27-18-16-19(26)23-13-6-5-12(8-13)22(11(2)24)15(23)10-21(16)9-14(20)17(18)25/h9,12-13,15H,3-8,10H2,1-2H3. The molecule has 3 heterocycles. The van der Waals surface area contributed by atoms with Gasteiger partial charge in [0.25, 0.3) is 5.91 Å². The van der Waals surface area contributed by atoms with E-state index in [1.54, 1.807) is 17.7 Å². The summed E-state index contributed by atoms with van der Waals surface area (Å²) in [4.78, 5) is 42.1. The van der Waals surface area contributed by atoms with Gasteiger partial charge >= 0.3 is 0 Å². The lowest BCUT2D eigenvalue weighted by Crippen LogP contribution is -2.65. The summed E-state index contributed by atoms with van der Waals surface area (Å²) in [5.41, 5.74) is 0.0123. The molecule has 0 spiro atoms. The number of nitrogens with zero attached hydrogens (tertiary/aromatic N) is 3. The highest BCUT2D eigenvalue weighted by Gasteiger charge is 2.51. The van der Waals surface area contributed by atoms with Gasteiger partial charge in [-0.15, -0.1) is 0 Å². The Morgan fingerprint density at radius 2 is 2.04 bits per heavy atom. The molecule has 27 heavy (non-hydrogen) atoms. The van der Waals surface area contributed by atoms with Crippen molar-refractivity contribution in [2.45, 2.75) is 70.7 Å². The van der Waals surface area contributed by atoms with Crippen LogP contribution in [0.25, 0.3) is 0 Å². The molecule has 2 amide bonds. The van der Waals surface area contributed by atoms with Gasteiger partial charge in [-0.05, 0) is 41.6 Å². The lowest BCUT2D eigenvalue weighted by atomic mass is 10.0. The van der Waals surface area contributed by atoms with Gasteiger partial charge in [-0.25, -0.2) is 0 Å². The molecule has 2 fully saturated rings. The van der Waals surface area contributed by atoms with E-state index in [0.717, 1.165) is 32.1 Å². The number of halogens is 1. The van der Waals surface area contributed by atoms with Gasteiger partial charge < -0.3 is 19.1 Å². The van der Waals surface area contributed by atoms with Crippen LogP contribution in [-0.4, -0.2) is 51.0 Å². The summed E-state index contributed by atoms with van der Waals surface area (Å²) >= 11 is 3.30. The SMILES string of the molecule is CCCCOc1c2n(cc(Br)c1=O)CC1N(C(C)=O)C3CCC(C3)N1C2=O. The van der Waals surface area contributed by atoms with Crippen LogP contribution in [0, 0.1) is 0 Å². The van der Waals surface area contributed by atoms with Crippen molar-refractivity contribution in [1.82, 2.24) is 14.4 Å². The van der Waals surface area contributed by atoms with Crippen LogP contribution in [0.15, 0.2) is 15.5 Å². The zero-order chi connectivity index (χ0) is 19.3. The van der Waals surface area contributed by atoms with E-state index >= 15 is 0 Å². The van der Waals surface area contributed by atoms with Crippen molar-refractivity contribution in [2.24, 2.45) is 0 Å². The normalized spacial score (nSPS) is 26.0. The summed E-state index contributed by atoms with van der Waals surface area (Å²) in [7, 11) is 0. The lowest BCUT2D eigenvalue weighted by molar-refractivity contribution is -0.142. The van der Waals surface area contributed by atoms with Crippen molar-refractivity contribution in [3.63, 3.8) is 0 Å². The van der Waals surface area contributed by atoms with Crippen molar-refractivity contribution in [3.8, 4) is 5.75 Å². The highest BCUT2D eigenvalue weighted by Crippen LogP contribution is 2.41. The van der Waals surface area contributed by atoms with Crippen LogP contribution in [-0.2, 0) is 11.3 Å². The molecule has 146 valence electrons. The summed E-state index contributed by atoms with van der Waals surface area (Å²) in [6.45, 7) is 4.47. The molecule has 3 atom stereocenters. The molecule has 4 rings (SSSR count). The number of carbonyl (C=O) groups excluding carboxylic acids is 2. The number of rotatable bonds is 4. The minimum atomic E-state index is -0.299. The van der Waals surface area contributed by atoms with E-state index in [9.17, 15) is 14.4 Å². The number of pyridine rings is 1. The van der Waals surface area contributed by atoms with E-state index in [4.69, 9.17) is 4.74 Å². The van der Waals surface area contributed by atoms with Gasteiger partial charge in [-0.3, -0.25) is 14.4 Å². The fraction of sp³-hybridized carbons (Fsp3) is 0.632. The van der Waals surface area contributed by atoms with Gasteiger partial charge in [0.05, 0.1) is 17.6 Å². The summed E-state index contributed by atoms with van der Waals surface area (Å²) < 4.78 is 7.91. The molecule has 0 aromatic carbocycles. The number of unbranched alkanes of at least 4 members (excludes halogenated alkanes) is 1. The molecule has 7 nitrogen and oxygen atoms in total. The van der Waals surface area contributed by atoms with Gasteiger partial charge in [-0.1, -0.05) is 13.3 Å². The summed E-state index contributed by atoms with van der Waals surface area (Å²) in [5.74, 6) is -0.0964. The number of hydrogen-bond donors (Lipinski definition) is 0. The van der Waals surface area contributed by atoms with E-state index in [0.29, 0.717) is 23.3 Å². The highest BCUT2D eigenvalue weighted by atomic mass is 79.9. The number of fused-ring (bicyclic) bond motifs is 5. The topological polar surface area (TPSA) is 71.8 Å². The van der Waals surface area contributed by atoms with Crippen LogP contribution in [0.4, 0.5) is 0 Å². The predicted molar refractivity (Wildman–Crippen MR) is 103 cm³/mol. The zero-order valence-corrected chi connectivity index (χ0v) is 17.2. The van der Waals surface area contributed by atoms with Gasteiger partial charge in [-0.2, -0.15) is 0 Å². The number of amides is 2. The maximum absolute atomic E-state index is 13.5. The molecule has 1 aliphatic carbocycles. The smallest absolute Gasteiger partial charge is 0.276 e. The van der Waals surface area contributed by atoms with Crippen molar-refractivity contribution in [3.05, 3.63) is 26.6 Å². The second-order valence-electron chi connectivity index (χ2n) is 7.58. The third kappa shape index (κ3) is 2.88. The third-order valence-corrected chi connectivity index (χ3v) is 6.47. The Hall–Kier alpha value is -1.83. The van der Waals surface area contributed by atoms with Crippen LogP contribution >= 0.6 is 15.9 Å². The van der Waals surface area contributed by atoms with Crippen LogP contribution in [0.2, 0.25) is 0 Å². The molecule has 3 unspecified atom stereocenters. The summed E-state index contributed by atoms with van der Waals surface area (Å²) in [6, 6.07) is 0.324. The number of hydrogen-bond acceptors (Lipinski definition) is 4. The van der Waals surface area contributed by atoms with Crippen molar-refractivity contribution >= 4 is 27.7 Å². The second kappa shape index (κ2) is 6.96.